The smallest absolute Gasteiger partial charge is 0.303 e. The molecule has 2 aromatic rings. The lowest BCUT2D eigenvalue weighted by molar-refractivity contribution is -0.165. The lowest BCUT2D eigenvalue weighted by Gasteiger charge is -2.23. The van der Waals surface area contributed by atoms with Gasteiger partial charge in [-0.2, -0.15) is 21.7 Å². The van der Waals surface area contributed by atoms with Crippen molar-refractivity contribution in [3.8, 4) is 0 Å². The summed E-state index contributed by atoms with van der Waals surface area (Å²) < 4.78 is 18.6. The van der Waals surface area contributed by atoms with Crippen molar-refractivity contribution >= 4 is 52.4 Å². The molecule has 0 unspecified atom stereocenters. The van der Waals surface area contributed by atoms with E-state index in [2.05, 4.69) is 21.5 Å². The van der Waals surface area contributed by atoms with Gasteiger partial charge in [-0.05, 0) is 0 Å². The van der Waals surface area contributed by atoms with E-state index in [1.54, 1.807) is 22.4 Å². The molecular formula is C17H20ClN5O5S. The van der Waals surface area contributed by atoms with Crippen LogP contribution in [0.5, 0.6) is 0 Å². The lowest BCUT2D eigenvalue weighted by atomic mass is 10.1. The molecule has 2 N–H and O–H groups in total. The van der Waals surface area contributed by atoms with Crippen molar-refractivity contribution in [2.24, 2.45) is 0 Å². The second-order valence-corrected chi connectivity index (χ2v) is 7.67. The SMILES string of the molecule is C=CCSC[C@H]1O[C@H](n2cnc3c(Cl)nc(N)nc32)[C@H](OC(C)=O)[C@@H]1OC(C)=O. The fraction of sp³-hybridized carbons (Fsp3) is 0.471. The van der Waals surface area contributed by atoms with Gasteiger partial charge in [0.1, 0.15) is 11.6 Å². The number of esters is 2. The highest BCUT2D eigenvalue weighted by molar-refractivity contribution is 7.99. The summed E-state index contributed by atoms with van der Waals surface area (Å²) in [6.45, 7) is 6.24. The van der Waals surface area contributed by atoms with E-state index in [0.29, 0.717) is 22.7 Å². The zero-order chi connectivity index (χ0) is 21.1. The minimum atomic E-state index is -0.918. The molecule has 3 rings (SSSR count). The van der Waals surface area contributed by atoms with Gasteiger partial charge in [0.05, 0.1) is 6.33 Å². The van der Waals surface area contributed by atoms with Gasteiger partial charge in [-0.15, -0.1) is 6.58 Å². The molecule has 12 heteroatoms. The predicted molar refractivity (Wildman–Crippen MR) is 107 cm³/mol. The Morgan fingerprint density at radius 1 is 1.34 bits per heavy atom. The number of carbonyl (C=O) groups excluding carboxylic acids is 2. The second kappa shape index (κ2) is 8.97. The number of aromatic nitrogens is 4. The first-order chi connectivity index (χ1) is 13.8. The first-order valence-electron chi connectivity index (χ1n) is 8.66. The van der Waals surface area contributed by atoms with E-state index in [1.807, 2.05) is 0 Å². The Hall–Kier alpha value is -2.37. The number of imidazole rings is 1. The van der Waals surface area contributed by atoms with Gasteiger partial charge in [0.2, 0.25) is 5.95 Å². The molecule has 0 bridgehead atoms. The predicted octanol–water partition coefficient (Wildman–Crippen LogP) is 1.74. The van der Waals surface area contributed by atoms with E-state index in [0.717, 1.165) is 0 Å². The van der Waals surface area contributed by atoms with Crippen LogP contribution in [-0.2, 0) is 23.8 Å². The van der Waals surface area contributed by atoms with Gasteiger partial charge in [-0.25, -0.2) is 4.98 Å². The first-order valence-corrected chi connectivity index (χ1v) is 10.2. The number of thioether (sulfide) groups is 1. The molecule has 1 fully saturated rings. The molecule has 4 atom stereocenters. The van der Waals surface area contributed by atoms with Crippen LogP contribution < -0.4 is 5.73 Å². The normalized spacial score (nSPS) is 23.8. The van der Waals surface area contributed by atoms with E-state index >= 15 is 0 Å². The highest BCUT2D eigenvalue weighted by Gasteiger charge is 2.50. The van der Waals surface area contributed by atoms with E-state index in [1.165, 1.54) is 20.2 Å². The third-order valence-corrected chi connectivity index (χ3v) is 5.38. The maximum Gasteiger partial charge on any atom is 0.303 e. The van der Waals surface area contributed by atoms with Crippen LogP contribution in [-0.4, -0.2) is 61.3 Å². The first kappa shape index (κ1) is 21.3. The van der Waals surface area contributed by atoms with E-state index in [4.69, 9.17) is 31.5 Å². The summed E-state index contributed by atoms with van der Waals surface area (Å²) in [6, 6.07) is 0. The Kier molecular flexibility index (Phi) is 6.60. The molecule has 10 nitrogen and oxygen atoms in total. The van der Waals surface area contributed by atoms with Crippen LogP contribution in [0.1, 0.15) is 20.1 Å². The lowest BCUT2D eigenvalue weighted by Crippen LogP contribution is -2.39. The zero-order valence-corrected chi connectivity index (χ0v) is 17.4. The summed E-state index contributed by atoms with van der Waals surface area (Å²) >= 11 is 7.64. The van der Waals surface area contributed by atoms with Crippen LogP contribution in [0.15, 0.2) is 19.0 Å². The molecule has 0 amide bonds. The summed E-state index contributed by atoms with van der Waals surface area (Å²) in [6.07, 6.45) is 0.0739. The van der Waals surface area contributed by atoms with Crippen LogP contribution in [0.2, 0.25) is 5.15 Å². The standard InChI is InChI=1S/C17H20ClN5O5S/c1-4-5-29-6-10-12(26-8(2)24)13(27-9(3)25)16(28-10)23-7-20-11-14(18)21-17(19)22-15(11)23/h4,7,10,12-13,16H,1,5-6H2,2-3H3,(H2,19,21,22)/t10-,12-,13-,16+/m1/s1. The van der Waals surface area contributed by atoms with E-state index in [9.17, 15) is 9.59 Å². The highest BCUT2D eigenvalue weighted by Crippen LogP contribution is 2.37. The number of fused-ring (bicyclic) bond motifs is 1. The monoisotopic (exact) mass is 441 g/mol. The second-order valence-electron chi connectivity index (χ2n) is 6.24. The number of ether oxygens (including phenoxy) is 3. The zero-order valence-electron chi connectivity index (χ0n) is 15.8. The maximum absolute atomic E-state index is 11.8. The number of hydrogen-bond acceptors (Lipinski definition) is 10. The van der Waals surface area contributed by atoms with Gasteiger partial charge in [0.25, 0.3) is 0 Å². The Labute approximate surface area is 175 Å². The van der Waals surface area contributed by atoms with Crippen molar-refractivity contribution in [2.75, 3.05) is 17.2 Å². The van der Waals surface area contributed by atoms with Gasteiger partial charge in [0, 0.05) is 25.4 Å². The Morgan fingerprint density at radius 3 is 2.69 bits per heavy atom. The van der Waals surface area contributed by atoms with Crippen LogP contribution >= 0.6 is 23.4 Å². The average Bonchev–Trinajstić information content (AvgIpc) is 3.17. The Balaban J connectivity index is 2.02. The van der Waals surface area contributed by atoms with Crippen LogP contribution in [0.25, 0.3) is 11.2 Å². The molecule has 0 aliphatic carbocycles. The molecule has 29 heavy (non-hydrogen) atoms. The van der Waals surface area contributed by atoms with Crippen molar-refractivity contribution in [1.29, 1.82) is 0 Å². The van der Waals surface area contributed by atoms with Gasteiger partial charge in [0.15, 0.2) is 29.2 Å². The minimum Gasteiger partial charge on any atom is -0.456 e. The minimum absolute atomic E-state index is 0.0408. The molecule has 0 saturated carbocycles. The number of carbonyl (C=O) groups is 2. The van der Waals surface area contributed by atoms with Crippen molar-refractivity contribution < 1.29 is 23.8 Å². The number of rotatable bonds is 7. The summed E-state index contributed by atoms with van der Waals surface area (Å²) in [5.41, 5.74) is 6.34. The molecule has 0 radical (unpaired) electrons. The molecule has 1 saturated heterocycles. The fourth-order valence-corrected chi connectivity index (χ4v) is 4.09. The van der Waals surface area contributed by atoms with Gasteiger partial charge < -0.3 is 19.9 Å². The fourth-order valence-electron chi connectivity index (χ4n) is 3.07. The van der Waals surface area contributed by atoms with E-state index in [-0.39, 0.29) is 11.1 Å². The number of nitrogens with two attached hydrogens (primary N) is 1. The van der Waals surface area contributed by atoms with Gasteiger partial charge in [-0.1, -0.05) is 17.7 Å². The number of nitrogens with zero attached hydrogens (tertiary/aromatic N) is 4. The molecule has 0 spiro atoms. The summed E-state index contributed by atoms with van der Waals surface area (Å²) in [5.74, 6) is 0.0731. The van der Waals surface area contributed by atoms with Gasteiger partial charge >= 0.3 is 11.9 Å². The molecule has 0 aromatic carbocycles. The molecule has 2 aromatic heterocycles. The maximum atomic E-state index is 11.8. The van der Waals surface area contributed by atoms with Crippen LogP contribution in [0.4, 0.5) is 5.95 Å². The van der Waals surface area contributed by atoms with Crippen LogP contribution in [0.3, 0.4) is 0 Å². The van der Waals surface area contributed by atoms with Crippen molar-refractivity contribution in [1.82, 2.24) is 19.5 Å². The van der Waals surface area contributed by atoms with Gasteiger partial charge in [-0.3, -0.25) is 14.2 Å². The number of nitrogen functional groups attached to an aromatic ring is 1. The average molecular weight is 442 g/mol. The number of hydrogen-bond donors (Lipinski definition) is 1. The molecule has 3 heterocycles. The Bertz CT molecular complexity index is 938. The van der Waals surface area contributed by atoms with Crippen LogP contribution in [0, 0.1) is 0 Å². The number of anilines is 1. The van der Waals surface area contributed by atoms with E-state index < -0.39 is 36.5 Å². The van der Waals surface area contributed by atoms with Crippen molar-refractivity contribution in [3.05, 3.63) is 24.1 Å². The Morgan fingerprint density at radius 2 is 2.03 bits per heavy atom. The molecule has 156 valence electrons. The topological polar surface area (TPSA) is 131 Å². The molecule has 1 aliphatic heterocycles. The summed E-state index contributed by atoms with van der Waals surface area (Å²) in [5, 5.41) is 0.0860. The molecule has 1 aliphatic rings. The number of halogens is 1. The van der Waals surface area contributed by atoms with Crippen molar-refractivity contribution in [3.63, 3.8) is 0 Å². The largest absolute Gasteiger partial charge is 0.456 e. The third kappa shape index (κ3) is 4.62. The third-order valence-electron chi connectivity index (χ3n) is 4.08. The summed E-state index contributed by atoms with van der Waals surface area (Å²) in [7, 11) is 0. The summed E-state index contributed by atoms with van der Waals surface area (Å²) in [4.78, 5) is 35.7. The molecular weight excluding hydrogens is 422 g/mol. The highest BCUT2D eigenvalue weighted by atomic mass is 35.5. The van der Waals surface area contributed by atoms with Crippen molar-refractivity contribution in [2.45, 2.75) is 38.4 Å². The quantitative estimate of drug-likeness (QED) is 0.293.